The van der Waals surface area contributed by atoms with Crippen LogP contribution in [-0.2, 0) is 0 Å². The molecule has 2 heterocycles. The summed E-state index contributed by atoms with van der Waals surface area (Å²) in [6.07, 6.45) is 6.85. The quantitative estimate of drug-likeness (QED) is 0.811. The van der Waals surface area contributed by atoms with Crippen molar-refractivity contribution < 1.29 is 4.79 Å². The van der Waals surface area contributed by atoms with E-state index in [-0.39, 0.29) is 5.91 Å². The Hall–Kier alpha value is -1.62. The van der Waals surface area contributed by atoms with Crippen LogP contribution in [0.25, 0.3) is 0 Å². The zero-order chi connectivity index (χ0) is 15.1. The molecular formula is C16H26N4O. The number of amides is 1. The number of piperazine rings is 1. The minimum absolute atomic E-state index is 0.0189. The fourth-order valence-corrected chi connectivity index (χ4v) is 2.47. The largest absolute Gasteiger partial charge is 0.368 e. The molecule has 5 heteroatoms. The molecule has 5 nitrogen and oxygen atoms in total. The van der Waals surface area contributed by atoms with E-state index in [0.717, 1.165) is 57.7 Å². The van der Waals surface area contributed by atoms with E-state index in [1.54, 1.807) is 6.20 Å². The van der Waals surface area contributed by atoms with Crippen molar-refractivity contribution in [3.8, 4) is 0 Å². The van der Waals surface area contributed by atoms with Crippen LogP contribution >= 0.6 is 0 Å². The fraction of sp³-hybridized carbons (Fsp3) is 0.625. The van der Waals surface area contributed by atoms with Crippen molar-refractivity contribution in [1.29, 1.82) is 0 Å². The van der Waals surface area contributed by atoms with Crippen molar-refractivity contribution in [2.45, 2.75) is 26.2 Å². The SMILES string of the molecule is CCCCCNC(=O)c1cncc(N2CCN(C)CC2)c1. The summed E-state index contributed by atoms with van der Waals surface area (Å²) < 4.78 is 0. The summed E-state index contributed by atoms with van der Waals surface area (Å²) in [6.45, 7) is 6.97. The molecule has 0 aromatic carbocycles. The maximum absolute atomic E-state index is 12.1. The van der Waals surface area contributed by atoms with Crippen LogP contribution < -0.4 is 10.2 Å². The van der Waals surface area contributed by atoms with Crippen LogP contribution in [0.15, 0.2) is 18.5 Å². The van der Waals surface area contributed by atoms with E-state index in [1.807, 2.05) is 12.3 Å². The number of nitrogens with one attached hydrogen (secondary N) is 1. The number of anilines is 1. The van der Waals surface area contributed by atoms with Gasteiger partial charge in [-0.15, -0.1) is 0 Å². The van der Waals surface area contributed by atoms with Gasteiger partial charge < -0.3 is 15.1 Å². The van der Waals surface area contributed by atoms with Gasteiger partial charge in [0.05, 0.1) is 17.4 Å². The zero-order valence-electron chi connectivity index (χ0n) is 13.1. The Morgan fingerprint density at radius 3 is 2.71 bits per heavy atom. The molecule has 0 radical (unpaired) electrons. The number of unbranched alkanes of at least 4 members (excludes halogenated alkanes) is 2. The Morgan fingerprint density at radius 1 is 1.24 bits per heavy atom. The van der Waals surface area contributed by atoms with Gasteiger partial charge in [-0.1, -0.05) is 19.8 Å². The summed E-state index contributed by atoms with van der Waals surface area (Å²) in [5.41, 5.74) is 1.70. The second-order valence-electron chi connectivity index (χ2n) is 5.69. The van der Waals surface area contributed by atoms with Crippen LogP contribution in [0, 0.1) is 0 Å². The Kier molecular flexibility index (Phi) is 5.99. The van der Waals surface area contributed by atoms with Crippen LogP contribution in [0.1, 0.15) is 36.5 Å². The first kappa shape index (κ1) is 15.8. The number of nitrogens with zero attached hydrogens (tertiary/aromatic N) is 3. The molecule has 1 aromatic rings. The first-order valence-corrected chi connectivity index (χ1v) is 7.87. The molecule has 2 rings (SSSR count). The summed E-state index contributed by atoms with van der Waals surface area (Å²) in [4.78, 5) is 21.0. The first-order chi connectivity index (χ1) is 10.2. The third-order valence-corrected chi connectivity index (χ3v) is 3.92. The molecule has 1 aliphatic rings. The van der Waals surface area contributed by atoms with Gasteiger partial charge in [0.1, 0.15) is 0 Å². The van der Waals surface area contributed by atoms with Gasteiger partial charge >= 0.3 is 0 Å². The summed E-state index contributed by atoms with van der Waals surface area (Å²) in [5.74, 6) is -0.0189. The maximum Gasteiger partial charge on any atom is 0.252 e. The van der Waals surface area contributed by atoms with Gasteiger partial charge in [-0.05, 0) is 19.5 Å². The van der Waals surface area contributed by atoms with E-state index in [2.05, 4.69) is 34.1 Å². The highest BCUT2D eigenvalue weighted by Gasteiger charge is 2.16. The monoisotopic (exact) mass is 290 g/mol. The zero-order valence-corrected chi connectivity index (χ0v) is 13.1. The summed E-state index contributed by atoms with van der Waals surface area (Å²) in [6, 6.07) is 1.95. The molecule has 0 bridgehead atoms. The second-order valence-corrected chi connectivity index (χ2v) is 5.69. The van der Waals surface area contributed by atoms with E-state index < -0.39 is 0 Å². The molecule has 0 atom stereocenters. The van der Waals surface area contributed by atoms with Crippen LogP contribution in [0.3, 0.4) is 0 Å². The molecule has 0 spiro atoms. The minimum Gasteiger partial charge on any atom is -0.368 e. The van der Waals surface area contributed by atoms with Gasteiger partial charge in [0, 0.05) is 38.9 Å². The van der Waals surface area contributed by atoms with Gasteiger partial charge in [0.25, 0.3) is 5.91 Å². The number of rotatable bonds is 6. The molecule has 1 saturated heterocycles. The normalized spacial score (nSPS) is 16.0. The van der Waals surface area contributed by atoms with Crippen molar-refractivity contribution in [2.75, 3.05) is 44.7 Å². The number of carbonyl (C=O) groups is 1. The predicted octanol–water partition coefficient (Wildman–Crippen LogP) is 1.75. The average Bonchev–Trinajstić information content (AvgIpc) is 2.52. The van der Waals surface area contributed by atoms with E-state index in [0.29, 0.717) is 5.56 Å². The second kappa shape index (κ2) is 7.98. The smallest absolute Gasteiger partial charge is 0.252 e. The number of aromatic nitrogens is 1. The van der Waals surface area contributed by atoms with Gasteiger partial charge in [-0.25, -0.2) is 0 Å². The lowest BCUT2D eigenvalue weighted by atomic mass is 10.2. The maximum atomic E-state index is 12.1. The third-order valence-electron chi connectivity index (χ3n) is 3.92. The van der Waals surface area contributed by atoms with Crippen molar-refractivity contribution in [3.05, 3.63) is 24.0 Å². The number of hydrogen-bond donors (Lipinski definition) is 1. The van der Waals surface area contributed by atoms with Crippen LogP contribution in [0.4, 0.5) is 5.69 Å². The van der Waals surface area contributed by atoms with E-state index in [4.69, 9.17) is 0 Å². The van der Waals surface area contributed by atoms with Crippen molar-refractivity contribution >= 4 is 11.6 Å². The summed E-state index contributed by atoms with van der Waals surface area (Å²) in [7, 11) is 2.13. The molecule has 0 unspecified atom stereocenters. The standard InChI is InChI=1S/C16H26N4O/c1-3-4-5-6-18-16(21)14-11-15(13-17-12-14)20-9-7-19(2)8-10-20/h11-13H,3-10H2,1-2H3,(H,18,21). The average molecular weight is 290 g/mol. The first-order valence-electron chi connectivity index (χ1n) is 7.87. The van der Waals surface area contributed by atoms with Gasteiger partial charge in [0.2, 0.25) is 0 Å². The van der Waals surface area contributed by atoms with Crippen molar-refractivity contribution in [1.82, 2.24) is 15.2 Å². The molecule has 116 valence electrons. The number of likely N-dealkylation sites (N-methyl/N-ethyl adjacent to an activating group) is 1. The van der Waals surface area contributed by atoms with E-state index >= 15 is 0 Å². The Bertz CT molecular complexity index is 455. The number of carbonyl (C=O) groups excluding carboxylic acids is 1. The molecule has 0 saturated carbocycles. The van der Waals surface area contributed by atoms with Gasteiger partial charge in [-0.3, -0.25) is 9.78 Å². The van der Waals surface area contributed by atoms with E-state index in [1.165, 1.54) is 0 Å². The summed E-state index contributed by atoms with van der Waals surface area (Å²) >= 11 is 0. The molecular weight excluding hydrogens is 264 g/mol. The van der Waals surface area contributed by atoms with Crippen LogP contribution in [0.2, 0.25) is 0 Å². The molecule has 1 aromatic heterocycles. The molecule has 1 amide bonds. The lowest BCUT2D eigenvalue weighted by molar-refractivity contribution is 0.0952. The minimum atomic E-state index is -0.0189. The summed E-state index contributed by atoms with van der Waals surface area (Å²) in [5, 5.41) is 2.97. The lowest BCUT2D eigenvalue weighted by Crippen LogP contribution is -2.44. The lowest BCUT2D eigenvalue weighted by Gasteiger charge is -2.33. The number of hydrogen-bond acceptors (Lipinski definition) is 4. The highest BCUT2D eigenvalue weighted by molar-refractivity contribution is 5.94. The molecule has 1 aliphatic heterocycles. The van der Waals surface area contributed by atoms with Gasteiger partial charge in [-0.2, -0.15) is 0 Å². The predicted molar refractivity (Wildman–Crippen MR) is 85.8 cm³/mol. The van der Waals surface area contributed by atoms with E-state index in [9.17, 15) is 4.79 Å². The highest BCUT2D eigenvalue weighted by atomic mass is 16.1. The fourth-order valence-electron chi connectivity index (χ4n) is 2.47. The Balaban J connectivity index is 1.92. The molecule has 21 heavy (non-hydrogen) atoms. The van der Waals surface area contributed by atoms with Crippen LogP contribution in [0.5, 0.6) is 0 Å². The Labute approximate surface area is 127 Å². The van der Waals surface area contributed by atoms with Crippen LogP contribution in [-0.4, -0.2) is 55.6 Å². The molecule has 1 N–H and O–H groups in total. The van der Waals surface area contributed by atoms with Gasteiger partial charge in [0.15, 0.2) is 0 Å². The molecule has 0 aliphatic carbocycles. The topological polar surface area (TPSA) is 48.5 Å². The van der Waals surface area contributed by atoms with Crippen molar-refractivity contribution in [2.24, 2.45) is 0 Å². The highest BCUT2D eigenvalue weighted by Crippen LogP contribution is 2.16. The van der Waals surface area contributed by atoms with Crippen molar-refractivity contribution in [3.63, 3.8) is 0 Å². The molecule has 1 fully saturated rings. The third kappa shape index (κ3) is 4.70. The Morgan fingerprint density at radius 2 is 2.00 bits per heavy atom. The number of pyridine rings is 1.